The molecule has 0 saturated carbocycles. The van der Waals surface area contributed by atoms with Crippen LogP contribution in [0.3, 0.4) is 0 Å². The van der Waals surface area contributed by atoms with E-state index in [1.165, 1.54) is 0 Å². The molecule has 1 aliphatic rings. The van der Waals surface area contributed by atoms with Gasteiger partial charge in [-0.1, -0.05) is 13.3 Å². The Morgan fingerprint density at radius 1 is 1.40 bits per heavy atom. The maximum Gasteiger partial charge on any atom is 0.215 e. The van der Waals surface area contributed by atoms with E-state index in [-0.39, 0.29) is 11.3 Å². The van der Waals surface area contributed by atoms with Crippen molar-refractivity contribution in [1.82, 2.24) is 9.62 Å². The van der Waals surface area contributed by atoms with Crippen LogP contribution < -0.4 is 5.32 Å². The molecule has 15 heavy (non-hydrogen) atoms. The van der Waals surface area contributed by atoms with Crippen molar-refractivity contribution in [2.24, 2.45) is 0 Å². The van der Waals surface area contributed by atoms with Gasteiger partial charge >= 0.3 is 0 Å². The summed E-state index contributed by atoms with van der Waals surface area (Å²) >= 11 is 0. The molecule has 1 saturated heterocycles. The molecule has 0 aromatic carbocycles. The van der Waals surface area contributed by atoms with Gasteiger partial charge < -0.3 is 5.32 Å². The summed E-state index contributed by atoms with van der Waals surface area (Å²) in [6, 6.07) is 0. The van der Waals surface area contributed by atoms with E-state index in [1.54, 1.807) is 4.31 Å². The second-order valence-electron chi connectivity index (χ2n) is 4.73. The number of unbranched alkanes of at least 4 members (excludes halogenated alkanes) is 1. The molecule has 1 N–H and O–H groups in total. The second kappa shape index (κ2) is 4.80. The quantitative estimate of drug-likeness (QED) is 0.786. The van der Waals surface area contributed by atoms with Crippen molar-refractivity contribution in [1.29, 1.82) is 0 Å². The zero-order valence-electron chi connectivity index (χ0n) is 9.91. The van der Waals surface area contributed by atoms with Crippen molar-refractivity contribution in [2.45, 2.75) is 39.2 Å². The highest BCUT2D eigenvalue weighted by atomic mass is 32.2. The van der Waals surface area contributed by atoms with E-state index in [2.05, 4.69) is 12.2 Å². The van der Waals surface area contributed by atoms with Crippen molar-refractivity contribution in [3.8, 4) is 0 Å². The van der Waals surface area contributed by atoms with Gasteiger partial charge in [-0.2, -0.15) is 4.31 Å². The standard InChI is InChI=1S/C10H22N2O2S/c1-4-5-7-12-10(2,3)9-11-6-8-15(12,13)14/h11H,4-9H2,1-3H3. The summed E-state index contributed by atoms with van der Waals surface area (Å²) in [6.45, 7) is 7.99. The summed E-state index contributed by atoms with van der Waals surface area (Å²) in [5.74, 6) is 0.222. The second-order valence-corrected chi connectivity index (χ2v) is 6.74. The van der Waals surface area contributed by atoms with Crippen LogP contribution >= 0.6 is 0 Å². The van der Waals surface area contributed by atoms with Crippen molar-refractivity contribution in [2.75, 3.05) is 25.4 Å². The lowest BCUT2D eigenvalue weighted by Gasteiger charge is -2.35. The Morgan fingerprint density at radius 2 is 2.07 bits per heavy atom. The van der Waals surface area contributed by atoms with Gasteiger partial charge in [-0.25, -0.2) is 8.42 Å². The van der Waals surface area contributed by atoms with Gasteiger partial charge in [0.1, 0.15) is 0 Å². The Morgan fingerprint density at radius 3 is 2.67 bits per heavy atom. The van der Waals surface area contributed by atoms with E-state index in [1.807, 2.05) is 13.8 Å². The summed E-state index contributed by atoms with van der Waals surface area (Å²) in [5, 5.41) is 3.18. The third-order valence-electron chi connectivity index (χ3n) is 2.82. The van der Waals surface area contributed by atoms with Crippen LogP contribution in [0.4, 0.5) is 0 Å². The fourth-order valence-corrected chi connectivity index (χ4v) is 3.76. The van der Waals surface area contributed by atoms with Crippen LogP contribution in [0.1, 0.15) is 33.6 Å². The Hall–Kier alpha value is -0.130. The van der Waals surface area contributed by atoms with Crippen LogP contribution in [0.25, 0.3) is 0 Å². The average molecular weight is 234 g/mol. The normalized spacial score (nSPS) is 26.1. The molecule has 0 amide bonds. The first-order valence-electron chi connectivity index (χ1n) is 5.61. The number of hydrogen-bond acceptors (Lipinski definition) is 3. The van der Waals surface area contributed by atoms with Crippen molar-refractivity contribution in [3.63, 3.8) is 0 Å². The molecule has 0 spiro atoms. The molecule has 0 bridgehead atoms. The number of rotatable bonds is 3. The van der Waals surface area contributed by atoms with E-state index in [4.69, 9.17) is 0 Å². The summed E-state index contributed by atoms with van der Waals surface area (Å²) in [5.41, 5.74) is -0.301. The fourth-order valence-electron chi connectivity index (χ4n) is 1.91. The Balaban J connectivity index is 2.88. The molecule has 4 nitrogen and oxygen atoms in total. The van der Waals surface area contributed by atoms with E-state index >= 15 is 0 Å². The van der Waals surface area contributed by atoms with Gasteiger partial charge in [0.15, 0.2) is 0 Å². The number of nitrogens with one attached hydrogen (secondary N) is 1. The van der Waals surface area contributed by atoms with Gasteiger partial charge in [0.2, 0.25) is 10.0 Å². The monoisotopic (exact) mass is 234 g/mol. The van der Waals surface area contributed by atoms with Crippen LogP contribution in [-0.2, 0) is 10.0 Å². The molecule has 0 aromatic rings. The highest BCUT2D eigenvalue weighted by Crippen LogP contribution is 2.21. The predicted molar refractivity (Wildman–Crippen MR) is 62.3 cm³/mol. The molecule has 5 heteroatoms. The summed E-state index contributed by atoms with van der Waals surface area (Å²) < 4.78 is 25.7. The molecule has 1 rings (SSSR count). The van der Waals surface area contributed by atoms with Crippen molar-refractivity contribution in [3.05, 3.63) is 0 Å². The molecule has 0 radical (unpaired) electrons. The van der Waals surface area contributed by atoms with Crippen molar-refractivity contribution >= 4 is 10.0 Å². The van der Waals surface area contributed by atoms with Gasteiger partial charge in [0.25, 0.3) is 0 Å². The maximum absolute atomic E-state index is 12.0. The van der Waals surface area contributed by atoms with Gasteiger partial charge in [-0.15, -0.1) is 0 Å². The summed E-state index contributed by atoms with van der Waals surface area (Å²) in [4.78, 5) is 0. The molecular weight excluding hydrogens is 212 g/mol. The first-order chi connectivity index (χ1) is 6.90. The Kier molecular flexibility index (Phi) is 4.14. The van der Waals surface area contributed by atoms with Crippen LogP contribution in [-0.4, -0.2) is 43.6 Å². The average Bonchev–Trinajstić information content (AvgIpc) is 2.21. The Labute approximate surface area is 93.1 Å². The molecule has 0 aromatic heterocycles. The van der Waals surface area contributed by atoms with E-state index in [9.17, 15) is 8.42 Å². The van der Waals surface area contributed by atoms with E-state index in [0.29, 0.717) is 13.1 Å². The molecule has 1 aliphatic heterocycles. The summed E-state index contributed by atoms with van der Waals surface area (Å²) in [7, 11) is -3.07. The lowest BCUT2D eigenvalue weighted by Crippen LogP contribution is -2.51. The van der Waals surface area contributed by atoms with E-state index in [0.717, 1.165) is 19.4 Å². The Bertz CT molecular complexity index is 299. The first-order valence-corrected chi connectivity index (χ1v) is 7.22. The number of sulfonamides is 1. The highest BCUT2D eigenvalue weighted by Gasteiger charge is 2.37. The smallest absolute Gasteiger partial charge is 0.215 e. The first kappa shape index (κ1) is 12.9. The van der Waals surface area contributed by atoms with Crippen LogP contribution in [0.2, 0.25) is 0 Å². The lowest BCUT2D eigenvalue weighted by molar-refractivity contribution is 0.227. The fraction of sp³-hybridized carbons (Fsp3) is 1.00. The third kappa shape index (κ3) is 3.16. The number of hydrogen-bond donors (Lipinski definition) is 1. The van der Waals surface area contributed by atoms with Gasteiger partial charge in [0.05, 0.1) is 5.75 Å². The van der Waals surface area contributed by atoms with E-state index < -0.39 is 10.0 Å². The minimum Gasteiger partial charge on any atom is -0.314 e. The third-order valence-corrected chi connectivity index (χ3v) is 4.89. The summed E-state index contributed by atoms with van der Waals surface area (Å²) in [6.07, 6.45) is 1.96. The molecule has 1 fully saturated rings. The van der Waals surface area contributed by atoms with Crippen LogP contribution in [0, 0.1) is 0 Å². The molecule has 0 atom stereocenters. The molecule has 0 unspecified atom stereocenters. The highest BCUT2D eigenvalue weighted by molar-refractivity contribution is 7.89. The van der Waals surface area contributed by atoms with Crippen LogP contribution in [0.15, 0.2) is 0 Å². The van der Waals surface area contributed by atoms with Gasteiger partial charge in [-0.3, -0.25) is 0 Å². The van der Waals surface area contributed by atoms with Gasteiger partial charge in [0, 0.05) is 25.2 Å². The predicted octanol–water partition coefficient (Wildman–Crippen LogP) is 0.800. The minimum atomic E-state index is -3.07. The topological polar surface area (TPSA) is 49.4 Å². The number of nitrogens with zero attached hydrogens (tertiary/aromatic N) is 1. The van der Waals surface area contributed by atoms with Crippen LogP contribution in [0.5, 0.6) is 0 Å². The zero-order chi connectivity index (χ0) is 11.5. The largest absolute Gasteiger partial charge is 0.314 e. The minimum absolute atomic E-state index is 0.222. The molecule has 1 heterocycles. The maximum atomic E-state index is 12.0. The molecule has 90 valence electrons. The SMILES string of the molecule is CCCCN1C(C)(C)CNCCS1(=O)=O. The lowest BCUT2D eigenvalue weighted by atomic mass is 10.1. The molecule has 0 aliphatic carbocycles. The zero-order valence-corrected chi connectivity index (χ0v) is 10.7. The molecular formula is C10H22N2O2S. The van der Waals surface area contributed by atoms with Gasteiger partial charge in [-0.05, 0) is 20.3 Å². The van der Waals surface area contributed by atoms with Crippen molar-refractivity contribution < 1.29 is 8.42 Å².